The molecule has 9 rings (SSSR count). The van der Waals surface area contributed by atoms with Crippen LogP contribution < -0.4 is 52.3 Å². The third kappa shape index (κ3) is 15.8. The number of hydrogen-bond donors (Lipinski definition) is 8. The molecule has 30 heteroatoms. The average molecular weight is 1350 g/mol. The zero-order valence-corrected chi connectivity index (χ0v) is 53.9. The van der Waals surface area contributed by atoms with Crippen LogP contribution in [0.5, 0.6) is 0 Å². The minimum atomic E-state index is -2.12. The summed E-state index contributed by atoms with van der Waals surface area (Å²) >= 11 is 13.2. The second kappa shape index (κ2) is 31.1. The lowest BCUT2D eigenvalue weighted by Crippen LogP contribution is -2.66. The molecule has 6 unspecified atom stereocenters. The number of nitrogens with one attached hydrogen (secondary N) is 8. The molecule has 0 saturated heterocycles. The summed E-state index contributed by atoms with van der Waals surface area (Å²) in [6.07, 6.45) is 2.84. The van der Waals surface area contributed by atoms with Crippen LogP contribution in [0, 0.1) is 0 Å². The Morgan fingerprint density at radius 1 is 0.432 bits per heavy atom. The number of anilines is 4. The minimum Gasteiger partial charge on any atom is -0.379 e. The molecule has 8 N–H and O–H groups in total. The highest BCUT2D eigenvalue weighted by Crippen LogP contribution is 2.47. The number of ether oxygens (including phenoxy) is 2. The molecule has 0 fully saturated rings. The maximum Gasteiger partial charge on any atom is 0.254 e. The number of rotatable bonds is 4. The van der Waals surface area contributed by atoms with Gasteiger partial charge in [-0.1, -0.05) is 48.5 Å². The first kappa shape index (κ1) is 69.7. The summed E-state index contributed by atoms with van der Waals surface area (Å²) in [5.74, 6) is -11.2. The van der Waals surface area contributed by atoms with Gasteiger partial charge in [-0.25, -0.2) is 0 Å². The Morgan fingerprint density at radius 3 is 1.14 bits per heavy atom. The molecular formula is C65H72Cl2N12O16. The maximum atomic E-state index is 14.4. The SMILES string of the molecule is CC1NC(=O)CCOCCNC(=O)C(N2C(=O)C=CC2=O)C(N2C(=O)C=CC2=O)C(=O)NCCOCCC(=O)NC(C)C(=O)NC(C)C(=O)Nc2cc3c(c4ccccc24)[C@H](CCl)CN3C(=O)CCCC(=O)N2C[C@@H](CCl)c3c2cc(c2ccccc32)NC(=O)C(C)NC1=O. The van der Waals surface area contributed by atoms with Gasteiger partial charge >= 0.3 is 0 Å². The van der Waals surface area contributed by atoms with E-state index in [-0.39, 0.29) is 120 Å². The maximum absolute atomic E-state index is 14.4. The zero-order valence-electron chi connectivity index (χ0n) is 52.4. The summed E-state index contributed by atoms with van der Waals surface area (Å²) in [5.41, 5.74) is 3.29. The number of carbonyl (C=O) groups is 14. The molecule has 5 heterocycles. The Hall–Kier alpha value is -9.64. The number of halogens is 2. The van der Waals surface area contributed by atoms with Gasteiger partial charge in [0.05, 0.1) is 37.8 Å². The number of benzene rings is 4. The largest absolute Gasteiger partial charge is 0.379 e. The van der Waals surface area contributed by atoms with Crippen LogP contribution in [0.15, 0.2) is 85.0 Å². The molecule has 28 nitrogen and oxygen atoms in total. The van der Waals surface area contributed by atoms with Crippen molar-refractivity contribution in [2.45, 2.75) is 108 Å². The first-order valence-electron chi connectivity index (χ1n) is 31.0. The molecule has 502 valence electrons. The molecule has 0 saturated carbocycles. The van der Waals surface area contributed by atoms with E-state index in [1.165, 1.54) is 27.7 Å². The minimum absolute atomic E-state index is 0.0391. The van der Waals surface area contributed by atoms with Gasteiger partial charge in [0.25, 0.3) is 23.6 Å². The number of hydrogen-bond acceptors (Lipinski definition) is 16. The lowest BCUT2D eigenvalue weighted by Gasteiger charge is -2.35. The molecule has 0 radical (unpaired) electrons. The van der Waals surface area contributed by atoms with Gasteiger partial charge in [-0.2, -0.15) is 0 Å². The summed E-state index contributed by atoms with van der Waals surface area (Å²) in [6.45, 7) is 4.43. The number of amides is 14. The van der Waals surface area contributed by atoms with E-state index in [0.29, 0.717) is 43.3 Å². The van der Waals surface area contributed by atoms with E-state index in [9.17, 15) is 67.1 Å². The Kier molecular flexibility index (Phi) is 22.8. The van der Waals surface area contributed by atoms with Crippen molar-refractivity contribution in [1.82, 2.24) is 41.7 Å². The van der Waals surface area contributed by atoms with Crippen LogP contribution >= 0.6 is 23.2 Å². The van der Waals surface area contributed by atoms with Crippen molar-refractivity contribution in [3.8, 4) is 0 Å². The molecule has 4 bridgehead atoms. The van der Waals surface area contributed by atoms with Crippen LogP contribution in [-0.2, 0) is 76.6 Å². The smallest absolute Gasteiger partial charge is 0.254 e. The van der Waals surface area contributed by atoms with Crippen molar-refractivity contribution in [3.05, 3.63) is 96.1 Å². The van der Waals surface area contributed by atoms with Crippen molar-refractivity contribution < 1.29 is 76.6 Å². The summed E-state index contributed by atoms with van der Waals surface area (Å²) < 4.78 is 11.1. The Morgan fingerprint density at radius 2 is 0.779 bits per heavy atom. The monoisotopic (exact) mass is 1350 g/mol. The van der Waals surface area contributed by atoms with Gasteiger partial charge in [-0.15, -0.1) is 23.2 Å². The number of nitrogens with zero attached hydrogens (tertiary/aromatic N) is 4. The highest BCUT2D eigenvalue weighted by Gasteiger charge is 2.50. The number of alkyl halides is 2. The molecule has 14 amide bonds. The fourth-order valence-electron chi connectivity index (χ4n) is 11.9. The fraction of sp³-hybridized carbons (Fsp3) is 0.415. The number of carbonyl (C=O) groups excluding carboxylic acids is 14. The third-order valence-electron chi connectivity index (χ3n) is 16.8. The van der Waals surface area contributed by atoms with Crippen molar-refractivity contribution in [3.63, 3.8) is 0 Å². The summed E-state index contributed by atoms with van der Waals surface area (Å²) in [7, 11) is 0. The van der Waals surface area contributed by atoms with E-state index in [1.54, 1.807) is 46.2 Å². The molecule has 0 aliphatic carbocycles. The second-order valence-electron chi connectivity index (χ2n) is 23.3. The van der Waals surface area contributed by atoms with Crippen molar-refractivity contribution in [2.24, 2.45) is 0 Å². The van der Waals surface area contributed by atoms with Crippen LogP contribution in [0.2, 0.25) is 0 Å². The molecular weight excluding hydrogens is 1280 g/mol. The van der Waals surface area contributed by atoms with Gasteiger partial charge in [0.15, 0.2) is 0 Å². The topological polar surface area (TPSA) is 367 Å². The summed E-state index contributed by atoms with van der Waals surface area (Å²) in [4.78, 5) is 194. The Bertz CT molecular complexity index is 3580. The Labute approximate surface area is 554 Å². The Balaban J connectivity index is 0.925. The number of fused-ring (bicyclic) bond motifs is 8. The number of imide groups is 2. The van der Waals surface area contributed by atoms with Gasteiger partial charge < -0.3 is 61.8 Å². The van der Waals surface area contributed by atoms with Gasteiger partial charge in [0.1, 0.15) is 36.3 Å². The predicted octanol–water partition coefficient (Wildman–Crippen LogP) is 1.74. The molecule has 5 aliphatic rings. The van der Waals surface area contributed by atoms with E-state index in [0.717, 1.165) is 46.2 Å². The van der Waals surface area contributed by atoms with E-state index >= 15 is 0 Å². The average Bonchev–Trinajstić information content (AvgIpc) is 1.66. The molecule has 5 aliphatic heterocycles. The third-order valence-corrected chi connectivity index (χ3v) is 17.5. The lowest BCUT2D eigenvalue weighted by atomic mass is 9.95. The van der Waals surface area contributed by atoms with Crippen LogP contribution in [0.3, 0.4) is 0 Å². The second-order valence-corrected chi connectivity index (χ2v) is 24.0. The van der Waals surface area contributed by atoms with E-state index in [1.807, 2.05) is 24.3 Å². The van der Waals surface area contributed by atoms with Crippen LogP contribution in [-0.4, -0.2) is 193 Å². The summed E-state index contributed by atoms with van der Waals surface area (Å²) in [5, 5.41) is 23.7. The zero-order chi connectivity index (χ0) is 68.4. The van der Waals surface area contributed by atoms with Gasteiger partial charge in [0, 0.05) is 122 Å². The molecule has 8 atom stereocenters. The first-order chi connectivity index (χ1) is 45.5. The van der Waals surface area contributed by atoms with Crippen LogP contribution in [0.1, 0.15) is 82.8 Å². The normalized spacial score (nSPS) is 25.2. The fourth-order valence-corrected chi connectivity index (χ4v) is 12.4. The van der Waals surface area contributed by atoms with Crippen molar-refractivity contribution >= 4 is 150 Å². The highest BCUT2D eigenvalue weighted by molar-refractivity contribution is 6.21. The lowest BCUT2D eigenvalue weighted by molar-refractivity contribution is -0.156. The van der Waals surface area contributed by atoms with Gasteiger partial charge in [-0.3, -0.25) is 76.9 Å². The molecule has 4 aromatic rings. The quantitative estimate of drug-likeness (QED) is 0.107. The first-order valence-corrected chi connectivity index (χ1v) is 32.0. The van der Waals surface area contributed by atoms with Crippen molar-refractivity contribution in [1.29, 1.82) is 0 Å². The van der Waals surface area contributed by atoms with Crippen molar-refractivity contribution in [2.75, 3.05) is 84.8 Å². The van der Waals surface area contributed by atoms with E-state index < -0.39 is 107 Å². The van der Waals surface area contributed by atoms with E-state index in [4.69, 9.17) is 32.7 Å². The highest BCUT2D eigenvalue weighted by atomic mass is 35.5. The van der Waals surface area contributed by atoms with Crippen LogP contribution in [0.4, 0.5) is 22.7 Å². The van der Waals surface area contributed by atoms with Crippen LogP contribution in [0.25, 0.3) is 21.5 Å². The predicted molar refractivity (Wildman–Crippen MR) is 348 cm³/mol. The molecule has 4 aromatic carbocycles. The molecule has 95 heavy (non-hydrogen) atoms. The molecule has 0 aromatic heterocycles. The van der Waals surface area contributed by atoms with Gasteiger partial charge in [-0.05, 0) is 68.1 Å². The summed E-state index contributed by atoms with van der Waals surface area (Å²) in [6, 6.07) is 9.10. The van der Waals surface area contributed by atoms with E-state index in [2.05, 4.69) is 42.5 Å². The standard InChI is InChI=1S/C65H72Cl2N12O16/c1-34-60(88)72-36(3)62(90)74-44-28-46-56(42-12-7-5-10-40(42)44)38(30-66)32-76(46)50(82)14-9-15-51(83)77-33-39(31-67)57-43-13-8-6-11-41(43)45(29-47(57)77)75-63(91)37(4)73-61(89)35(2)71-49(81)21-25-95-27-23-69-65(93)59(79-54(86)18-19-55(79)87)58(78-52(84)16-17-53(78)85)64(92)68-22-26-94-24-20-48(80)70-34/h5-8,10-13,16-19,28-29,34-39,58-59H,9,14-15,20-27,30-33H2,1-4H3,(H,68,92)(H,69,93)(H,70,80)(H,71,81)(H,72,88)(H,73,89)(H,74,90)(H,75,91)/t34?,35?,36?,37?,38-,39-,58?,59?/m1/s1. The van der Waals surface area contributed by atoms with Gasteiger partial charge in [0.2, 0.25) is 59.1 Å². The molecule has 0 spiro atoms.